The Labute approximate surface area is 217 Å². The Kier molecular flexibility index (Phi) is 7.79. The lowest BCUT2D eigenvalue weighted by Gasteiger charge is -2.25. The summed E-state index contributed by atoms with van der Waals surface area (Å²) in [6.07, 6.45) is 1.65. The van der Waals surface area contributed by atoms with Crippen molar-refractivity contribution in [3.8, 4) is 5.75 Å². The molecule has 0 aromatic heterocycles. The van der Waals surface area contributed by atoms with E-state index in [9.17, 15) is 9.59 Å². The van der Waals surface area contributed by atoms with Crippen LogP contribution in [0.25, 0.3) is 0 Å². The van der Waals surface area contributed by atoms with E-state index in [2.05, 4.69) is 22.3 Å². The molecule has 0 saturated carbocycles. The minimum absolute atomic E-state index is 0.00668. The van der Waals surface area contributed by atoms with E-state index in [1.54, 1.807) is 25.3 Å². The Bertz CT molecular complexity index is 1060. The van der Waals surface area contributed by atoms with Crippen molar-refractivity contribution in [2.75, 3.05) is 53.0 Å². The number of nitrogens with zero attached hydrogens (tertiary/aromatic N) is 2. The number of methoxy groups -OCH3 is 1. The first kappa shape index (κ1) is 25.1. The second kappa shape index (κ2) is 11.2. The SMILES string of the molecule is COc1cc(Cl)ccc1C(=O)N1CC2CN(CCC(NC(=O)C3CCOC3)c3ccccc3)C[C@H]2C1. The zero-order valence-corrected chi connectivity index (χ0v) is 21.5. The molecule has 0 bridgehead atoms. The number of halogens is 1. The lowest BCUT2D eigenvalue weighted by molar-refractivity contribution is -0.125. The highest BCUT2D eigenvalue weighted by Gasteiger charge is 2.42. The molecule has 3 aliphatic heterocycles. The average molecular weight is 512 g/mol. The molecule has 0 spiro atoms. The van der Waals surface area contributed by atoms with Gasteiger partial charge in [-0.25, -0.2) is 0 Å². The van der Waals surface area contributed by atoms with Crippen LogP contribution in [0.2, 0.25) is 5.02 Å². The summed E-state index contributed by atoms with van der Waals surface area (Å²) in [6, 6.07) is 15.4. The van der Waals surface area contributed by atoms with Gasteiger partial charge in [0.05, 0.1) is 31.2 Å². The Morgan fingerprint density at radius 1 is 1.11 bits per heavy atom. The van der Waals surface area contributed by atoms with Crippen molar-refractivity contribution in [2.24, 2.45) is 17.8 Å². The van der Waals surface area contributed by atoms with Gasteiger partial charge in [0.25, 0.3) is 5.91 Å². The maximum Gasteiger partial charge on any atom is 0.257 e. The molecule has 0 aliphatic carbocycles. The Morgan fingerprint density at radius 3 is 2.53 bits per heavy atom. The summed E-state index contributed by atoms with van der Waals surface area (Å²) >= 11 is 6.07. The van der Waals surface area contributed by atoms with Crippen molar-refractivity contribution in [1.29, 1.82) is 0 Å². The molecule has 3 fully saturated rings. The van der Waals surface area contributed by atoms with Crippen LogP contribution in [0.5, 0.6) is 5.75 Å². The Morgan fingerprint density at radius 2 is 1.86 bits per heavy atom. The fraction of sp³-hybridized carbons (Fsp3) is 0.500. The monoisotopic (exact) mass is 511 g/mol. The number of hydrogen-bond acceptors (Lipinski definition) is 5. The third-order valence-electron chi connectivity index (χ3n) is 7.80. The summed E-state index contributed by atoms with van der Waals surface area (Å²) in [4.78, 5) is 30.4. The third-order valence-corrected chi connectivity index (χ3v) is 8.03. The van der Waals surface area contributed by atoms with Crippen LogP contribution in [-0.2, 0) is 9.53 Å². The fourth-order valence-electron chi connectivity index (χ4n) is 5.80. The highest BCUT2D eigenvalue weighted by Crippen LogP contribution is 2.34. The number of likely N-dealkylation sites (tertiary alicyclic amines) is 2. The Hall–Kier alpha value is -2.61. The standard InChI is InChI=1S/C28H34ClN3O4/c1-35-26-13-23(29)7-8-24(26)28(34)32-16-21-14-31(15-22(21)17-32)11-9-25(19-5-3-2-4-6-19)30-27(33)20-10-12-36-18-20/h2-8,13,20-22,25H,9-12,14-18H2,1H3,(H,30,33)/t20?,21-,22?,25?/m0/s1. The molecule has 2 amide bonds. The summed E-state index contributed by atoms with van der Waals surface area (Å²) in [6.45, 7) is 5.54. The molecule has 8 heteroatoms. The van der Waals surface area contributed by atoms with E-state index in [0.717, 1.165) is 51.1 Å². The molecule has 0 radical (unpaired) electrons. The van der Waals surface area contributed by atoms with Crippen molar-refractivity contribution in [2.45, 2.75) is 18.9 Å². The molecule has 2 aromatic carbocycles. The van der Waals surface area contributed by atoms with Gasteiger partial charge in [0.2, 0.25) is 5.91 Å². The summed E-state index contributed by atoms with van der Waals surface area (Å²) in [5.41, 5.74) is 1.70. The topological polar surface area (TPSA) is 71.1 Å². The average Bonchev–Trinajstić information content (AvgIpc) is 3.64. The van der Waals surface area contributed by atoms with Crippen LogP contribution in [-0.4, -0.2) is 74.7 Å². The largest absolute Gasteiger partial charge is 0.496 e. The van der Waals surface area contributed by atoms with E-state index in [0.29, 0.717) is 41.4 Å². The van der Waals surface area contributed by atoms with E-state index in [1.165, 1.54) is 0 Å². The van der Waals surface area contributed by atoms with Gasteiger partial charge >= 0.3 is 0 Å². The third kappa shape index (κ3) is 5.53. The zero-order chi connectivity index (χ0) is 25.1. The number of carbonyl (C=O) groups excluding carboxylic acids is 2. The number of carbonyl (C=O) groups is 2. The lowest BCUT2D eigenvalue weighted by Crippen LogP contribution is -2.37. The van der Waals surface area contributed by atoms with Gasteiger partial charge in [0.15, 0.2) is 0 Å². The maximum absolute atomic E-state index is 13.2. The van der Waals surface area contributed by atoms with Crippen molar-refractivity contribution in [3.05, 3.63) is 64.7 Å². The summed E-state index contributed by atoms with van der Waals surface area (Å²) in [5.74, 6) is 1.49. The first-order valence-corrected chi connectivity index (χ1v) is 13.2. The van der Waals surface area contributed by atoms with Crippen LogP contribution in [0.1, 0.15) is 34.8 Å². The van der Waals surface area contributed by atoms with Crippen LogP contribution >= 0.6 is 11.6 Å². The molecule has 7 nitrogen and oxygen atoms in total. The normalized spacial score (nSPS) is 24.5. The van der Waals surface area contributed by atoms with Gasteiger partial charge in [-0.2, -0.15) is 0 Å². The number of amides is 2. The number of ether oxygens (including phenoxy) is 2. The second-order valence-electron chi connectivity index (χ2n) is 10.2. The molecule has 3 heterocycles. The Balaban J connectivity index is 1.16. The highest BCUT2D eigenvalue weighted by atomic mass is 35.5. The predicted molar refractivity (Wildman–Crippen MR) is 138 cm³/mol. The van der Waals surface area contributed by atoms with Crippen LogP contribution in [0.15, 0.2) is 48.5 Å². The van der Waals surface area contributed by atoms with Crippen LogP contribution < -0.4 is 10.1 Å². The molecule has 5 rings (SSSR count). The molecule has 3 unspecified atom stereocenters. The molecule has 4 atom stereocenters. The quantitative estimate of drug-likeness (QED) is 0.586. The summed E-state index contributed by atoms with van der Waals surface area (Å²) in [7, 11) is 1.56. The predicted octanol–water partition coefficient (Wildman–Crippen LogP) is 3.64. The molecule has 36 heavy (non-hydrogen) atoms. The van der Waals surface area contributed by atoms with Gasteiger partial charge in [0.1, 0.15) is 5.75 Å². The zero-order valence-electron chi connectivity index (χ0n) is 20.7. The second-order valence-corrected chi connectivity index (χ2v) is 10.6. The van der Waals surface area contributed by atoms with Crippen molar-refractivity contribution in [3.63, 3.8) is 0 Å². The maximum atomic E-state index is 13.2. The van der Waals surface area contributed by atoms with Gasteiger partial charge in [-0.05, 0) is 48.4 Å². The van der Waals surface area contributed by atoms with Gasteiger partial charge in [-0.3, -0.25) is 9.59 Å². The van der Waals surface area contributed by atoms with E-state index < -0.39 is 0 Å². The molecule has 3 saturated heterocycles. The van der Waals surface area contributed by atoms with Crippen molar-refractivity contribution in [1.82, 2.24) is 15.1 Å². The first-order valence-electron chi connectivity index (χ1n) is 12.8. The van der Waals surface area contributed by atoms with Crippen LogP contribution in [0.4, 0.5) is 0 Å². The van der Waals surface area contributed by atoms with E-state index in [4.69, 9.17) is 21.1 Å². The minimum atomic E-state index is -0.0508. The number of hydrogen-bond donors (Lipinski definition) is 1. The van der Waals surface area contributed by atoms with Gasteiger partial charge in [-0.15, -0.1) is 0 Å². The van der Waals surface area contributed by atoms with Gasteiger partial charge in [-0.1, -0.05) is 41.9 Å². The summed E-state index contributed by atoms with van der Waals surface area (Å²) in [5, 5.41) is 3.84. The van der Waals surface area contributed by atoms with Crippen LogP contribution in [0, 0.1) is 17.8 Å². The number of fused-ring (bicyclic) bond motifs is 1. The van der Waals surface area contributed by atoms with Crippen LogP contribution in [0.3, 0.4) is 0 Å². The highest BCUT2D eigenvalue weighted by molar-refractivity contribution is 6.30. The fourth-order valence-corrected chi connectivity index (χ4v) is 5.96. The number of nitrogens with one attached hydrogen (secondary N) is 1. The smallest absolute Gasteiger partial charge is 0.257 e. The van der Waals surface area contributed by atoms with E-state index >= 15 is 0 Å². The molecular formula is C28H34ClN3O4. The molecule has 1 N–H and O–H groups in total. The molecule has 2 aromatic rings. The number of rotatable bonds is 8. The summed E-state index contributed by atoms with van der Waals surface area (Å²) < 4.78 is 10.8. The van der Waals surface area contributed by atoms with Gasteiger partial charge < -0.3 is 24.6 Å². The molecule has 192 valence electrons. The lowest BCUT2D eigenvalue weighted by atomic mass is 10.0. The minimum Gasteiger partial charge on any atom is -0.496 e. The molecule has 3 aliphatic rings. The van der Waals surface area contributed by atoms with E-state index in [-0.39, 0.29) is 23.8 Å². The van der Waals surface area contributed by atoms with Crippen molar-refractivity contribution < 1.29 is 19.1 Å². The number of benzene rings is 2. The van der Waals surface area contributed by atoms with E-state index in [1.807, 2.05) is 23.1 Å². The van der Waals surface area contributed by atoms with Crippen molar-refractivity contribution >= 4 is 23.4 Å². The first-order chi connectivity index (χ1) is 17.5. The van der Waals surface area contributed by atoms with Gasteiger partial charge in [0, 0.05) is 44.4 Å². The molecular weight excluding hydrogens is 478 g/mol.